The van der Waals surface area contributed by atoms with E-state index < -0.39 is 21.6 Å². The molecule has 2 aromatic rings. The number of carbonyl (C=O) groups excluding carboxylic acids is 2. The number of nitrogens with zero attached hydrogens (tertiary/aromatic N) is 1. The summed E-state index contributed by atoms with van der Waals surface area (Å²) in [5, 5.41) is 11.3. The van der Waals surface area contributed by atoms with E-state index in [1.165, 1.54) is 18.2 Å². The van der Waals surface area contributed by atoms with E-state index >= 15 is 0 Å². The summed E-state index contributed by atoms with van der Waals surface area (Å²) in [4.78, 5) is 28.2. The van der Waals surface area contributed by atoms with Crippen molar-refractivity contribution in [1.29, 1.82) is 0 Å². The Morgan fingerprint density at radius 1 is 1.00 bits per heavy atom. The van der Waals surface area contributed by atoms with Crippen LogP contribution in [-0.2, 0) is 26.0 Å². The molecule has 0 saturated heterocycles. The molecule has 0 atom stereocenters. The highest BCUT2D eigenvalue weighted by atomic mass is 35.5. The van der Waals surface area contributed by atoms with Gasteiger partial charge in [-0.25, -0.2) is 8.42 Å². The van der Waals surface area contributed by atoms with Crippen LogP contribution in [0.3, 0.4) is 0 Å². The first kappa shape index (κ1) is 26.1. The molecular weight excluding hydrogens is 501 g/mol. The van der Waals surface area contributed by atoms with Crippen molar-refractivity contribution in [3.8, 4) is 0 Å². The van der Waals surface area contributed by atoms with Gasteiger partial charge in [0.15, 0.2) is 15.6 Å². The third kappa shape index (κ3) is 7.51. The van der Waals surface area contributed by atoms with Crippen LogP contribution in [0.4, 0.5) is 0 Å². The number of rotatable bonds is 12. The first-order chi connectivity index (χ1) is 16.3. The molecule has 0 aliphatic carbocycles. The third-order valence-corrected chi connectivity index (χ3v) is 7.39. The van der Waals surface area contributed by atoms with Crippen molar-refractivity contribution < 1.29 is 18.0 Å². The quantitative estimate of drug-likeness (QED) is 0.327. The zero-order valence-electron chi connectivity index (χ0n) is 18.2. The van der Waals surface area contributed by atoms with E-state index in [1.54, 1.807) is 0 Å². The Balaban J connectivity index is 1.32. The standard InChI is InChI=1S/C22H25Cl2N5O4S/c23-18-2-1-3-19(21(18)24)34(32,33)14-26-13-20(31)29-12-17(30)11-25-10-15-4-6-16(7-5-15)22-27-8-9-28-22/h1-7,25-26H,8-14H2,(H,27,28)(H,29,31). The van der Waals surface area contributed by atoms with Gasteiger partial charge in [-0.3, -0.25) is 19.9 Å². The zero-order valence-corrected chi connectivity index (χ0v) is 20.6. The van der Waals surface area contributed by atoms with E-state index in [0.717, 1.165) is 30.1 Å². The SMILES string of the molecule is O=C(CNCc1ccc(C2=NCCN2)cc1)CNC(=O)CNCS(=O)(=O)c1cccc(Cl)c1Cl. The molecule has 9 nitrogen and oxygen atoms in total. The van der Waals surface area contributed by atoms with Gasteiger partial charge in [-0.2, -0.15) is 0 Å². The lowest BCUT2D eigenvalue weighted by atomic mass is 10.1. The first-order valence-electron chi connectivity index (χ1n) is 10.5. The van der Waals surface area contributed by atoms with E-state index in [-0.39, 0.29) is 40.4 Å². The molecule has 0 bridgehead atoms. The largest absolute Gasteiger partial charge is 0.368 e. The highest BCUT2D eigenvalue weighted by molar-refractivity contribution is 7.91. The Hall–Kier alpha value is -2.50. The molecule has 1 heterocycles. The van der Waals surface area contributed by atoms with E-state index in [4.69, 9.17) is 23.2 Å². The van der Waals surface area contributed by atoms with E-state index in [2.05, 4.69) is 26.3 Å². The summed E-state index contributed by atoms with van der Waals surface area (Å²) in [6.07, 6.45) is 0. The van der Waals surface area contributed by atoms with Crippen LogP contribution in [0.15, 0.2) is 52.4 Å². The van der Waals surface area contributed by atoms with Crippen LogP contribution in [0.25, 0.3) is 0 Å². The molecule has 3 rings (SSSR count). The Bertz CT molecular complexity index is 1170. The van der Waals surface area contributed by atoms with Crippen molar-refractivity contribution in [3.05, 3.63) is 63.6 Å². The fourth-order valence-corrected chi connectivity index (χ4v) is 5.05. The van der Waals surface area contributed by atoms with Crippen LogP contribution in [-0.4, -0.2) is 64.5 Å². The van der Waals surface area contributed by atoms with Crippen LogP contribution >= 0.6 is 23.2 Å². The van der Waals surface area contributed by atoms with Gasteiger partial charge in [0.2, 0.25) is 5.91 Å². The number of halogens is 2. The van der Waals surface area contributed by atoms with Crippen molar-refractivity contribution in [2.75, 3.05) is 38.6 Å². The van der Waals surface area contributed by atoms with Gasteiger partial charge in [0, 0.05) is 18.7 Å². The van der Waals surface area contributed by atoms with Crippen molar-refractivity contribution in [2.24, 2.45) is 4.99 Å². The van der Waals surface area contributed by atoms with Crippen LogP contribution < -0.4 is 21.3 Å². The molecule has 34 heavy (non-hydrogen) atoms. The fraction of sp³-hybridized carbons (Fsp3) is 0.318. The number of aliphatic imine (C=N–C) groups is 1. The van der Waals surface area contributed by atoms with Crippen molar-refractivity contribution >= 4 is 50.6 Å². The number of amides is 1. The predicted molar refractivity (Wildman–Crippen MR) is 132 cm³/mol. The Morgan fingerprint density at radius 2 is 1.76 bits per heavy atom. The van der Waals surface area contributed by atoms with Gasteiger partial charge in [0.05, 0.1) is 41.1 Å². The maximum atomic E-state index is 12.4. The smallest absolute Gasteiger partial charge is 0.234 e. The number of carbonyl (C=O) groups is 2. The molecule has 12 heteroatoms. The molecule has 4 N–H and O–H groups in total. The fourth-order valence-electron chi connectivity index (χ4n) is 3.14. The average Bonchev–Trinajstić information content (AvgIpc) is 3.35. The second-order valence-corrected chi connectivity index (χ2v) is 10.3. The minimum absolute atomic E-state index is 0.0651. The second kappa shape index (κ2) is 12.3. The van der Waals surface area contributed by atoms with Crippen LogP contribution in [0.2, 0.25) is 10.0 Å². The van der Waals surface area contributed by atoms with Crippen molar-refractivity contribution in [3.63, 3.8) is 0 Å². The molecule has 0 saturated carbocycles. The molecule has 1 aliphatic rings. The predicted octanol–water partition coefficient (Wildman–Crippen LogP) is 1.14. The van der Waals surface area contributed by atoms with Crippen molar-refractivity contribution in [2.45, 2.75) is 11.4 Å². The van der Waals surface area contributed by atoms with Gasteiger partial charge in [-0.15, -0.1) is 0 Å². The van der Waals surface area contributed by atoms with E-state index in [1.807, 2.05) is 24.3 Å². The lowest BCUT2D eigenvalue weighted by molar-refractivity contribution is -0.124. The van der Waals surface area contributed by atoms with Gasteiger partial charge in [0.1, 0.15) is 11.7 Å². The zero-order chi connectivity index (χ0) is 24.6. The Kier molecular flexibility index (Phi) is 9.43. The molecule has 0 radical (unpaired) electrons. The molecule has 0 fully saturated rings. The molecule has 1 amide bonds. The first-order valence-corrected chi connectivity index (χ1v) is 12.9. The average molecular weight is 526 g/mol. The summed E-state index contributed by atoms with van der Waals surface area (Å²) in [7, 11) is -3.78. The highest BCUT2D eigenvalue weighted by Crippen LogP contribution is 2.29. The summed E-state index contributed by atoms with van der Waals surface area (Å²) < 4.78 is 24.7. The lowest BCUT2D eigenvalue weighted by Gasteiger charge is -2.10. The minimum Gasteiger partial charge on any atom is -0.368 e. The summed E-state index contributed by atoms with van der Waals surface area (Å²) in [5.41, 5.74) is 2.04. The van der Waals surface area contributed by atoms with E-state index in [9.17, 15) is 18.0 Å². The Morgan fingerprint density at radius 3 is 2.47 bits per heavy atom. The molecule has 2 aromatic carbocycles. The summed E-state index contributed by atoms with van der Waals surface area (Å²) in [6.45, 7) is 1.79. The normalized spacial score (nSPS) is 13.3. The van der Waals surface area contributed by atoms with Gasteiger partial charge in [0.25, 0.3) is 0 Å². The molecular formula is C22H25Cl2N5O4S. The maximum Gasteiger partial charge on any atom is 0.234 e. The molecule has 182 valence electrons. The van der Waals surface area contributed by atoms with E-state index in [0.29, 0.717) is 6.54 Å². The van der Waals surface area contributed by atoms with Gasteiger partial charge in [-0.1, -0.05) is 53.5 Å². The number of nitrogens with one attached hydrogen (secondary N) is 4. The van der Waals surface area contributed by atoms with Crippen LogP contribution in [0.5, 0.6) is 0 Å². The maximum absolute atomic E-state index is 12.4. The number of Topliss-reactive ketones (excluding diaryl/α,β-unsaturated/α-hetero) is 1. The topological polar surface area (TPSA) is 129 Å². The summed E-state index contributed by atoms with van der Waals surface area (Å²) in [6, 6.07) is 12.2. The van der Waals surface area contributed by atoms with Gasteiger partial charge < -0.3 is 16.0 Å². The molecule has 0 unspecified atom stereocenters. The van der Waals surface area contributed by atoms with Crippen molar-refractivity contribution in [1.82, 2.24) is 21.3 Å². The minimum atomic E-state index is -3.78. The molecule has 0 spiro atoms. The number of benzene rings is 2. The molecule has 1 aliphatic heterocycles. The van der Waals surface area contributed by atoms with Crippen LogP contribution in [0.1, 0.15) is 11.1 Å². The van der Waals surface area contributed by atoms with Crippen LogP contribution in [0, 0.1) is 0 Å². The summed E-state index contributed by atoms with van der Waals surface area (Å²) >= 11 is 11.8. The van der Waals surface area contributed by atoms with Gasteiger partial charge >= 0.3 is 0 Å². The highest BCUT2D eigenvalue weighted by Gasteiger charge is 2.19. The second-order valence-electron chi connectivity index (χ2n) is 7.51. The third-order valence-electron chi connectivity index (χ3n) is 4.86. The summed E-state index contributed by atoms with van der Waals surface area (Å²) in [5.74, 6) is -0.309. The lowest BCUT2D eigenvalue weighted by Crippen LogP contribution is -2.40. The Labute approximate surface area is 208 Å². The number of ketones is 1. The van der Waals surface area contributed by atoms with Gasteiger partial charge in [-0.05, 0) is 17.7 Å². The monoisotopic (exact) mass is 525 g/mol. The molecule has 0 aromatic heterocycles. The number of hydrogen-bond donors (Lipinski definition) is 4. The number of sulfone groups is 1. The number of hydrogen-bond acceptors (Lipinski definition) is 8. The number of amidine groups is 1.